The second kappa shape index (κ2) is 7.79. The first kappa shape index (κ1) is 15.5. The molecule has 2 aromatic rings. The summed E-state index contributed by atoms with van der Waals surface area (Å²) in [7, 11) is 0. The zero-order chi connectivity index (χ0) is 15.1. The summed E-state index contributed by atoms with van der Waals surface area (Å²) in [5.41, 5.74) is 2.25. The molecule has 21 heavy (non-hydrogen) atoms. The molecule has 1 amide bonds. The third-order valence-corrected chi connectivity index (χ3v) is 3.65. The van der Waals surface area contributed by atoms with E-state index < -0.39 is 0 Å². The van der Waals surface area contributed by atoms with E-state index in [1.54, 1.807) is 6.20 Å². The van der Waals surface area contributed by atoms with Gasteiger partial charge >= 0.3 is 0 Å². The van der Waals surface area contributed by atoms with Gasteiger partial charge < -0.3 is 5.32 Å². The van der Waals surface area contributed by atoms with Crippen molar-refractivity contribution < 1.29 is 4.79 Å². The molecule has 1 atom stereocenters. The summed E-state index contributed by atoms with van der Waals surface area (Å²) >= 11 is 5.84. The molecule has 0 aliphatic rings. The Hall–Kier alpha value is -1.87. The summed E-state index contributed by atoms with van der Waals surface area (Å²) in [5.74, 6) is 0.245. The molecule has 3 nitrogen and oxygen atoms in total. The fraction of sp³-hybridized carbons (Fsp3) is 0.294. The minimum atomic E-state index is 0.0697. The maximum atomic E-state index is 11.9. The van der Waals surface area contributed by atoms with E-state index in [9.17, 15) is 4.79 Å². The minimum absolute atomic E-state index is 0.0697. The van der Waals surface area contributed by atoms with Crippen LogP contribution in [0.5, 0.6) is 0 Å². The summed E-state index contributed by atoms with van der Waals surface area (Å²) in [4.78, 5) is 16.0. The van der Waals surface area contributed by atoms with Crippen molar-refractivity contribution in [2.45, 2.75) is 25.7 Å². The van der Waals surface area contributed by atoms with Crippen LogP contribution in [0.2, 0.25) is 5.02 Å². The Morgan fingerprint density at radius 1 is 1.29 bits per heavy atom. The van der Waals surface area contributed by atoms with Crippen molar-refractivity contribution in [1.82, 2.24) is 10.3 Å². The second-order valence-corrected chi connectivity index (χ2v) is 5.55. The summed E-state index contributed by atoms with van der Waals surface area (Å²) in [6, 6.07) is 11.6. The van der Waals surface area contributed by atoms with E-state index in [2.05, 4.69) is 10.3 Å². The van der Waals surface area contributed by atoms with E-state index in [4.69, 9.17) is 11.6 Å². The molecular formula is C17H19ClN2O. The summed E-state index contributed by atoms with van der Waals surface area (Å²) < 4.78 is 0. The second-order valence-electron chi connectivity index (χ2n) is 5.12. The third-order valence-electron chi connectivity index (χ3n) is 3.39. The van der Waals surface area contributed by atoms with Gasteiger partial charge in [-0.25, -0.2) is 0 Å². The van der Waals surface area contributed by atoms with Gasteiger partial charge in [0.2, 0.25) is 5.91 Å². The summed E-state index contributed by atoms with van der Waals surface area (Å²) in [5, 5.41) is 3.68. The number of pyridine rings is 1. The highest BCUT2D eigenvalue weighted by molar-refractivity contribution is 6.30. The van der Waals surface area contributed by atoms with Crippen molar-refractivity contribution in [3.05, 3.63) is 64.9 Å². The lowest BCUT2D eigenvalue weighted by Gasteiger charge is -2.11. The highest BCUT2D eigenvalue weighted by atomic mass is 35.5. The lowest BCUT2D eigenvalue weighted by molar-refractivity contribution is -0.121. The molecule has 1 unspecified atom stereocenters. The maximum absolute atomic E-state index is 11.9. The first-order chi connectivity index (χ1) is 10.1. The highest BCUT2D eigenvalue weighted by Crippen LogP contribution is 2.17. The van der Waals surface area contributed by atoms with Gasteiger partial charge in [0.1, 0.15) is 0 Å². The van der Waals surface area contributed by atoms with Crippen LogP contribution in [0.3, 0.4) is 0 Å². The van der Waals surface area contributed by atoms with E-state index in [1.165, 1.54) is 5.56 Å². The van der Waals surface area contributed by atoms with E-state index in [0.29, 0.717) is 13.0 Å². The average molecular weight is 303 g/mol. The summed E-state index contributed by atoms with van der Waals surface area (Å²) in [6.45, 7) is 2.68. The molecule has 2 rings (SSSR count). The summed E-state index contributed by atoms with van der Waals surface area (Å²) in [6.07, 6.45) is 4.84. The van der Waals surface area contributed by atoms with Gasteiger partial charge in [0.25, 0.3) is 0 Å². The third kappa shape index (κ3) is 5.20. The molecule has 0 aliphatic carbocycles. The molecule has 1 aromatic heterocycles. The number of aromatic nitrogens is 1. The van der Waals surface area contributed by atoms with E-state index in [-0.39, 0.29) is 11.8 Å². The van der Waals surface area contributed by atoms with Crippen molar-refractivity contribution in [3.63, 3.8) is 0 Å². The number of hydrogen-bond acceptors (Lipinski definition) is 2. The number of carbonyl (C=O) groups is 1. The first-order valence-electron chi connectivity index (χ1n) is 7.06. The molecule has 1 heterocycles. The molecule has 1 N–H and O–H groups in total. The zero-order valence-electron chi connectivity index (χ0n) is 12.1. The van der Waals surface area contributed by atoms with E-state index in [1.807, 2.05) is 49.5 Å². The van der Waals surface area contributed by atoms with Gasteiger partial charge in [-0.2, -0.15) is 0 Å². The number of rotatable bonds is 6. The largest absolute Gasteiger partial charge is 0.356 e. The monoisotopic (exact) mass is 302 g/mol. The Bertz CT molecular complexity index is 569. The fourth-order valence-electron chi connectivity index (χ4n) is 2.13. The number of hydrogen-bond donors (Lipinski definition) is 1. The molecule has 0 aliphatic heterocycles. The molecule has 0 bridgehead atoms. The Morgan fingerprint density at radius 2 is 2.05 bits per heavy atom. The van der Waals surface area contributed by atoms with Gasteiger partial charge in [0, 0.05) is 30.4 Å². The van der Waals surface area contributed by atoms with Gasteiger partial charge in [-0.15, -0.1) is 0 Å². The molecule has 110 valence electrons. The van der Waals surface area contributed by atoms with Gasteiger partial charge in [0.05, 0.1) is 0 Å². The molecule has 0 saturated heterocycles. The molecule has 0 radical (unpaired) electrons. The highest BCUT2D eigenvalue weighted by Gasteiger charge is 2.10. The quantitative estimate of drug-likeness (QED) is 0.886. The van der Waals surface area contributed by atoms with Gasteiger partial charge in [-0.05, 0) is 41.7 Å². The minimum Gasteiger partial charge on any atom is -0.356 e. The number of carbonyl (C=O) groups excluding carboxylic acids is 1. The first-order valence-corrected chi connectivity index (χ1v) is 7.44. The predicted molar refractivity (Wildman–Crippen MR) is 85.4 cm³/mol. The Labute approximate surface area is 130 Å². The molecule has 1 aromatic carbocycles. The van der Waals surface area contributed by atoms with Crippen molar-refractivity contribution >= 4 is 17.5 Å². The van der Waals surface area contributed by atoms with E-state index >= 15 is 0 Å². The molecule has 0 spiro atoms. The number of nitrogens with one attached hydrogen (secondary N) is 1. The van der Waals surface area contributed by atoms with Crippen LogP contribution in [0.25, 0.3) is 0 Å². The van der Waals surface area contributed by atoms with Crippen molar-refractivity contribution in [2.75, 3.05) is 6.54 Å². The van der Waals surface area contributed by atoms with Gasteiger partial charge in [0.15, 0.2) is 0 Å². The number of amides is 1. The lowest BCUT2D eigenvalue weighted by atomic mass is 9.99. The Balaban J connectivity index is 1.73. The molecule has 0 fully saturated rings. The van der Waals surface area contributed by atoms with Crippen LogP contribution in [0.4, 0.5) is 0 Å². The van der Waals surface area contributed by atoms with Crippen LogP contribution >= 0.6 is 11.6 Å². The average Bonchev–Trinajstić information content (AvgIpc) is 2.50. The van der Waals surface area contributed by atoms with Crippen LogP contribution < -0.4 is 5.32 Å². The maximum Gasteiger partial charge on any atom is 0.220 e. The molecule has 4 heteroatoms. The van der Waals surface area contributed by atoms with E-state index in [0.717, 1.165) is 17.0 Å². The van der Waals surface area contributed by atoms with Gasteiger partial charge in [-0.3, -0.25) is 9.78 Å². The molecular weight excluding hydrogens is 284 g/mol. The number of halogens is 1. The SMILES string of the molecule is CC(CC(=O)NCCc1ccc(Cl)cc1)c1cccnc1. The number of benzene rings is 1. The normalized spacial score (nSPS) is 11.9. The van der Waals surface area contributed by atoms with Crippen LogP contribution in [-0.2, 0) is 11.2 Å². The predicted octanol–water partition coefficient (Wildman–Crippen LogP) is 3.59. The van der Waals surface area contributed by atoms with Gasteiger partial charge in [-0.1, -0.05) is 36.7 Å². The standard InChI is InChI=1S/C17H19ClN2O/c1-13(15-3-2-9-19-12-15)11-17(21)20-10-8-14-4-6-16(18)7-5-14/h2-7,9,12-13H,8,10-11H2,1H3,(H,20,21). The fourth-order valence-corrected chi connectivity index (χ4v) is 2.26. The zero-order valence-corrected chi connectivity index (χ0v) is 12.8. The van der Waals surface area contributed by atoms with Crippen molar-refractivity contribution in [2.24, 2.45) is 0 Å². The van der Waals surface area contributed by atoms with Crippen LogP contribution in [0.1, 0.15) is 30.4 Å². The van der Waals surface area contributed by atoms with Crippen LogP contribution in [-0.4, -0.2) is 17.4 Å². The Kier molecular flexibility index (Phi) is 5.76. The lowest BCUT2D eigenvalue weighted by Crippen LogP contribution is -2.26. The Morgan fingerprint density at radius 3 is 2.71 bits per heavy atom. The smallest absolute Gasteiger partial charge is 0.220 e. The van der Waals surface area contributed by atoms with Crippen molar-refractivity contribution in [1.29, 1.82) is 0 Å². The number of nitrogens with zero attached hydrogens (tertiary/aromatic N) is 1. The van der Waals surface area contributed by atoms with Crippen LogP contribution in [0, 0.1) is 0 Å². The molecule has 0 saturated carbocycles. The topological polar surface area (TPSA) is 42.0 Å². The van der Waals surface area contributed by atoms with Crippen LogP contribution in [0.15, 0.2) is 48.8 Å². The van der Waals surface area contributed by atoms with Crippen molar-refractivity contribution in [3.8, 4) is 0 Å².